The number of H-pyrrole nitrogens is 1. The molecule has 1 heterocycles. The molecule has 1 aromatic heterocycles. The van der Waals surface area contributed by atoms with Gasteiger partial charge in [0.2, 0.25) is 5.91 Å². The zero-order chi connectivity index (χ0) is 17.3. The minimum absolute atomic E-state index is 0.0329. The Morgan fingerprint density at radius 3 is 2.04 bits per heavy atom. The van der Waals surface area contributed by atoms with Crippen LogP contribution in [0.1, 0.15) is 17.0 Å². The first-order chi connectivity index (χ1) is 10.6. The van der Waals surface area contributed by atoms with E-state index in [1.807, 2.05) is 5.32 Å². The third-order valence-electron chi connectivity index (χ3n) is 2.58. The molecule has 12 heteroatoms. The van der Waals surface area contributed by atoms with Crippen molar-refractivity contribution in [2.24, 2.45) is 0 Å². The lowest BCUT2D eigenvalue weighted by atomic mass is 10.1. The van der Waals surface area contributed by atoms with Crippen molar-refractivity contribution in [3.8, 4) is 0 Å². The van der Waals surface area contributed by atoms with Crippen LogP contribution >= 0.6 is 0 Å². The zero-order valence-corrected chi connectivity index (χ0v) is 11.0. The summed E-state index contributed by atoms with van der Waals surface area (Å²) >= 11 is 0. The van der Waals surface area contributed by atoms with Gasteiger partial charge in [0.1, 0.15) is 0 Å². The Labute approximate surface area is 123 Å². The number of tetrazole rings is 1. The molecular formula is C11H7F6N5O. The van der Waals surface area contributed by atoms with E-state index in [9.17, 15) is 31.1 Å². The molecule has 0 saturated heterocycles. The quantitative estimate of drug-likeness (QED) is 0.842. The molecule has 0 bridgehead atoms. The molecule has 6 nitrogen and oxygen atoms in total. The van der Waals surface area contributed by atoms with Crippen LogP contribution in [0.3, 0.4) is 0 Å². The van der Waals surface area contributed by atoms with Gasteiger partial charge in [-0.15, -0.1) is 10.2 Å². The minimum Gasteiger partial charge on any atom is -0.326 e. The summed E-state index contributed by atoms with van der Waals surface area (Å²) in [6.07, 6.45) is -10.4. The number of nitrogens with one attached hydrogen (secondary N) is 2. The van der Waals surface area contributed by atoms with Crippen molar-refractivity contribution in [1.29, 1.82) is 0 Å². The van der Waals surface area contributed by atoms with Crippen molar-refractivity contribution in [1.82, 2.24) is 20.6 Å². The number of hydrogen-bond acceptors (Lipinski definition) is 4. The Morgan fingerprint density at radius 1 is 1.04 bits per heavy atom. The second-order valence-electron chi connectivity index (χ2n) is 4.35. The number of benzene rings is 1. The van der Waals surface area contributed by atoms with Crippen molar-refractivity contribution in [2.75, 3.05) is 5.32 Å². The summed E-state index contributed by atoms with van der Waals surface area (Å²) in [5.74, 6) is -0.954. The summed E-state index contributed by atoms with van der Waals surface area (Å²) in [5, 5.41) is 14.0. The van der Waals surface area contributed by atoms with Gasteiger partial charge in [0.15, 0.2) is 5.82 Å². The standard InChI is InChI=1S/C11H7F6N5O/c12-10(13,14)5-1-6(11(15,16)17)3-7(2-5)18-9(23)4-8-19-21-22-20-8/h1-3H,4H2,(H,18,23)(H,19,20,21,22). The van der Waals surface area contributed by atoms with E-state index in [2.05, 4.69) is 20.6 Å². The first-order valence-electron chi connectivity index (χ1n) is 5.87. The maximum absolute atomic E-state index is 12.7. The number of aromatic amines is 1. The number of alkyl halides is 6. The third-order valence-corrected chi connectivity index (χ3v) is 2.58. The monoisotopic (exact) mass is 339 g/mol. The van der Waals surface area contributed by atoms with E-state index in [0.717, 1.165) is 0 Å². The predicted molar refractivity (Wildman–Crippen MR) is 63.0 cm³/mol. The van der Waals surface area contributed by atoms with Crippen LogP contribution in [0.15, 0.2) is 18.2 Å². The minimum atomic E-state index is -4.99. The van der Waals surface area contributed by atoms with Crippen molar-refractivity contribution in [3.63, 3.8) is 0 Å². The molecule has 124 valence electrons. The van der Waals surface area contributed by atoms with Crippen LogP contribution in [-0.4, -0.2) is 26.5 Å². The number of halogens is 6. The average molecular weight is 339 g/mol. The molecule has 2 N–H and O–H groups in total. The molecule has 2 aromatic rings. The summed E-state index contributed by atoms with van der Waals surface area (Å²) in [6, 6.07) is 0.779. The van der Waals surface area contributed by atoms with Crippen molar-refractivity contribution in [3.05, 3.63) is 35.2 Å². The van der Waals surface area contributed by atoms with Crippen molar-refractivity contribution < 1.29 is 31.1 Å². The van der Waals surface area contributed by atoms with E-state index in [1.165, 1.54) is 0 Å². The normalized spacial score (nSPS) is 12.3. The number of rotatable bonds is 3. The Bertz CT molecular complexity index is 662. The van der Waals surface area contributed by atoms with Crippen LogP contribution in [0.2, 0.25) is 0 Å². The summed E-state index contributed by atoms with van der Waals surface area (Å²) in [5.41, 5.74) is -3.69. The number of amides is 1. The number of aromatic nitrogens is 4. The lowest BCUT2D eigenvalue weighted by Crippen LogP contribution is -2.17. The van der Waals surface area contributed by atoms with E-state index in [4.69, 9.17) is 0 Å². The van der Waals surface area contributed by atoms with Crippen molar-refractivity contribution >= 4 is 11.6 Å². The zero-order valence-electron chi connectivity index (χ0n) is 11.0. The van der Waals surface area contributed by atoms with Crippen molar-refractivity contribution in [2.45, 2.75) is 18.8 Å². The molecular weight excluding hydrogens is 332 g/mol. The van der Waals surface area contributed by atoms with Crippen LogP contribution in [0.5, 0.6) is 0 Å². The van der Waals surface area contributed by atoms with Gasteiger partial charge in [0.25, 0.3) is 0 Å². The summed E-state index contributed by atoms with van der Waals surface area (Å²) in [6.45, 7) is 0. The van der Waals surface area contributed by atoms with Gasteiger partial charge >= 0.3 is 12.4 Å². The van der Waals surface area contributed by atoms with Gasteiger partial charge in [-0.25, -0.2) is 0 Å². The third kappa shape index (κ3) is 4.40. The molecule has 23 heavy (non-hydrogen) atoms. The van der Waals surface area contributed by atoms with Crippen LogP contribution in [0, 0.1) is 0 Å². The van der Waals surface area contributed by atoms with Crippen LogP contribution in [0.25, 0.3) is 0 Å². The molecule has 2 rings (SSSR count). The first-order valence-corrected chi connectivity index (χ1v) is 5.87. The van der Waals surface area contributed by atoms with Gasteiger partial charge in [0, 0.05) is 5.69 Å². The van der Waals surface area contributed by atoms with Gasteiger partial charge in [-0.2, -0.15) is 31.6 Å². The number of hydrogen-bond donors (Lipinski definition) is 2. The average Bonchev–Trinajstić information content (AvgIpc) is 2.88. The van der Waals surface area contributed by atoms with E-state index in [1.54, 1.807) is 0 Å². The van der Waals surface area contributed by atoms with E-state index < -0.39 is 41.5 Å². The maximum atomic E-state index is 12.7. The Kier molecular flexibility index (Phi) is 4.25. The molecule has 0 fully saturated rings. The number of nitrogens with zero attached hydrogens (tertiary/aromatic N) is 3. The highest BCUT2D eigenvalue weighted by Crippen LogP contribution is 2.37. The fraction of sp³-hybridized carbons (Fsp3) is 0.273. The lowest BCUT2D eigenvalue weighted by Gasteiger charge is -2.14. The number of carbonyl (C=O) groups excluding carboxylic acids is 1. The Balaban J connectivity index is 2.28. The predicted octanol–water partition coefficient (Wildman–Crippen LogP) is 2.42. The van der Waals surface area contributed by atoms with Gasteiger partial charge in [-0.3, -0.25) is 4.79 Å². The lowest BCUT2D eigenvalue weighted by molar-refractivity contribution is -0.143. The molecule has 0 unspecified atom stereocenters. The first kappa shape index (κ1) is 16.7. The highest BCUT2D eigenvalue weighted by molar-refractivity contribution is 5.92. The van der Waals surface area contributed by atoms with Crippen LogP contribution in [-0.2, 0) is 23.6 Å². The number of anilines is 1. The van der Waals surface area contributed by atoms with Gasteiger partial charge in [-0.1, -0.05) is 5.21 Å². The van der Waals surface area contributed by atoms with Crippen LogP contribution in [0.4, 0.5) is 32.0 Å². The summed E-state index contributed by atoms with van der Waals surface area (Å²) in [7, 11) is 0. The summed E-state index contributed by atoms with van der Waals surface area (Å²) in [4.78, 5) is 11.6. The highest BCUT2D eigenvalue weighted by atomic mass is 19.4. The molecule has 0 aliphatic heterocycles. The van der Waals surface area contributed by atoms with Gasteiger partial charge < -0.3 is 5.32 Å². The van der Waals surface area contributed by atoms with Gasteiger partial charge in [-0.05, 0) is 18.2 Å². The second kappa shape index (κ2) is 5.85. The van der Waals surface area contributed by atoms with Crippen LogP contribution < -0.4 is 5.32 Å². The SMILES string of the molecule is O=C(Cc1nn[nH]n1)Nc1cc(C(F)(F)F)cc(C(F)(F)F)c1. The molecule has 1 aromatic carbocycles. The van der Waals surface area contributed by atoms with E-state index in [0.29, 0.717) is 12.1 Å². The molecule has 0 radical (unpaired) electrons. The largest absolute Gasteiger partial charge is 0.416 e. The highest BCUT2D eigenvalue weighted by Gasteiger charge is 2.37. The fourth-order valence-corrected chi connectivity index (χ4v) is 1.63. The van der Waals surface area contributed by atoms with E-state index >= 15 is 0 Å². The molecule has 0 aliphatic rings. The molecule has 1 amide bonds. The molecule has 0 atom stereocenters. The molecule has 0 spiro atoms. The smallest absolute Gasteiger partial charge is 0.326 e. The Hall–Kier alpha value is -2.66. The number of carbonyl (C=O) groups is 1. The van der Waals surface area contributed by atoms with E-state index in [-0.39, 0.29) is 11.9 Å². The molecule has 0 aliphatic carbocycles. The fourth-order valence-electron chi connectivity index (χ4n) is 1.63. The molecule has 0 saturated carbocycles. The Morgan fingerprint density at radius 2 is 1.61 bits per heavy atom. The van der Waals surface area contributed by atoms with Gasteiger partial charge in [0.05, 0.1) is 17.5 Å². The maximum Gasteiger partial charge on any atom is 0.416 e. The topological polar surface area (TPSA) is 83.6 Å². The second-order valence-corrected chi connectivity index (χ2v) is 4.35. The summed E-state index contributed by atoms with van der Waals surface area (Å²) < 4.78 is 76.0.